The number of benzene rings is 13. The third kappa shape index (κ3) is 5.21. The number of hydrogen-bond donors (Lipinski definition) is 0. The Bertz CT molecular complexity index is 4530. The molecule has 2 nitrogen and oxygen atoms in total. The number of rotatable bonds is 4. The highest BCUT2D eigenvalue weighted by molar-refractivity contribution is 6.26. The summed E-state index contributed by atoms with van der Waals surface area (Å²) in [6.07, 6.45) is 0. The van der Waals surface area contributed by atoms with E-state index < -0.39 is 5.41 Å². The van der Waals surface area contributed by atoms with Gasteiger partial charge < -0.3 is 9.32 Å². The molecule has 2 aliphatic rings. The Morgan fingerprint density at radius 3 is 1.41 bits per heavy atom. The van der Waals surface area contributed by atoms with Gasteiger partial charge in [0, 0.05) is 33.3 Å². The summed E-state index contributed by atoms with van der Waals surface area (Å²) in [6, 6.07) is 92.8. The first-order valence-electron chi connectivity index (χ1n) is 24.7. The van der Waals surface area contributed by atoms with E-state index in [-0.39, 0.29) is 0 Å². The maximum atomic E-state index is 6.99. The van der Waals surface area contributed by atoms with Gasteiger partial charge in [-0.2, -0.15) is 0 Å². The topological polar surface area (TPSA) is 16.4 Å². The van der Waals surface area contributed by atoms with Crippen LogP contribution in [-0.4, -0.2) is 0 Å². The minimum absolute atomic E-state index is 0.554. The van der Waals surface area contributed by atoms with Crippen molar-refractivity contribution in [3.8, 4) is 33.4 Å². The van der Waals surface area contributed by atoms with Gasteiger partial charge in [-0.3, -0.25) is 0 Å². The summed E-state index contributed by atoms with van der Waals surface area (Å²) in [4.78, 5) is 2.55. The van der Waals surface area contributed by atoms with Gasteiger partial charge in [0.25, 0.3) is 0 Å². The van der Waals surface area contributed by atoms with Crippen LogP contribution in [-0.2, 0) is 5.41 Å². The zero-order valence-electron chi connectivity index (χ0n) is 38.5. The largest absolute Gasteiger partial charge is 0.455 e. The molecule has 2 aliphatic carbocycles. The lowest BCUT2D eigenvalue weighted by Crippen LogP contribution is -2.26. The molecular formula is C69H41NO. The molecule has 2 heteroatoms. The second-order valence-electron chi connectivity index (χ2n) is 19.4. The lowest BCUT2D eigenvalue weighted by Gasteiger charge is -2.33. The van der Waals surface area contributed by atoms with E-state index in [0.717, 1.165) is 50.1 Å². The standard InChI is InChI=1S/C69H41NO/c1-2-17-46-42(16-1)32-33-43-34-35-44(38-58(43)46)70(45-36-37-51-49-20-4-3-18-47(49)48-19-5-6-21-50(48)59(51)39-45)66-41-65-60(40-61(66)57-27-15-26-56-55-25-10-14-31-67(55)71-68(56)57)54-24-9-13-30-64(54)69(65)62-28-11-7-22-52(62)53-23-8-12-29-63(53)69/h1-41H. The van der Waals surface area contributed by atoms with Crippen LogP contribution in [0.15, 0.2) is 253 Å². The number of furan rings is 1. The normalized spacial score (nSPS) is 13.2. The fourth-order valence-electron chi connectivity index (χ4n) is 13.1. The Kier molecular flexibility index (Phi) is 7.85. The van der Waals surface area contributed by atoms with E-state index in [2.05, 4.69) is 254 Å². The van der Waals surface area contributed by atoms with Gasteiger partial charge >= 0.3 is 0 Å². The van der Waals surface area contributed by atoms with Gasteiger partial charge in [-0.1, -0.05) is 206 Å². The molecule has 1 heterocycles. The van der Waals surface area contributed by atoms with Crippen LogP contribution in [0.25, 0.3) is 109 Å². The fraction of sp³-hybridized carbons (Fsp3) is 0.0145. The number of nitrogens with zero attached hydrogens (tertiary/aromatic N) is 1. The van der Waals surface area contributed by atoms with Gasteiger partial charge in [-0.15, -0.1) is 0 Å². The number of para-hydroxylation sites is 2. The molecule has 14 aromatic rings. The average Bonchev–Trinajstić information content (AvgIpc) is 4.07. The first kappa shape index (κ1) is 38.7. The van der Waals surface area contributed by atoms with Crippen molar-refractivity contribution >= 4 is 92.9 Å². The van der Waals surface area contributed by atoms with Crippen molar-refractivity contribution in [2.45, 2.75) is 5.41 Å². The summed E-state index contributed by atoms with van der Waals surface area (Å²) in [6.45, 7) is 0. The summed E-state index contributed by atoms with van der Waals surface area (Å²) in [5.41, 5.74) is 16.9. The molecule has 1 aromatic heterocycles. The highest BCUT2D eigenvalue weighted by Gasteiger charge is 2.52. The van der Waals surface area contributed by atoms with Crippen molar-refractivity contribution in [3.05, 3.63) is 271 Å². The molecule has 0 bridgehead atoms. The van der Waals surface area contributed by atoms with E-state index >= 15 is 0 Å². The van der Waals surface area contributed by atoms with Crippen molar-refractivity contribution in [1.82, 2.24) is 0 Å². The first-order chi connectivity index (χ1) is 35.2. The van der Waals surface area contributed by atoms with E-state index in [9.17, 15) is 0 Å². The summed E-state index contributed by atoms with van der Waals surface area (Å²) in [7, 11) is 0. The molecule has 0 N–H and O–H groups in total. The van der Waals surface area contributed by atoms with E-state index in [1.165, 1.54) is 98.4 Å². The number of anilines is 3. The Labute approximate surface area is 409 Å². The Morgan fingerprint density at radius 2 is 0.732 bits per heavy atom. The zero-order chi connectivity index (χ0) is 46.4. The minimum Gasteiger partial charge on any atom is -0.455 e. The summed E-state index contributed by atoms with van der Waals surface area (Å²) in [5, 5.41) is 14.6. The van der Waals surface area contributed by atoms with Gasteiger partial charge in [-0.05, 0) is 141 Å². The molecule has 13 aromatic carbocycles. The highest BCUT2D eigenvalue weighted by Crippen LogP contribution is 2.64. The van der Waals surface area contributed by atoms with Gasteiger partial charge in [0.15, 0.2) is 0 Å². The monoisotopic (exact) mass is 899 g/mol. The van der Waals surface area contributed by atoms with E-state index in [1.807, 2.05) is 0 Å². The molecule has 328 valence electrons. The molecule has 1 spiro atoms. The third-order valence-electron chi connectivity index (χ3n) is 16.0. The Hall–Kier alpha value is -9.24. The van der Waals surface area contributed by atoms with Crippen molar-refractivity contribution in [2.24, 2.45) is 0 Å². The number of hydrogen-bond acceptors (Lipinski definition) is 2. The highest BCUT2D eigenvalue weighted by atomic mass is 16.3. The predicted octanol–water partition coefficient (Wildman–Crippen LogP) is 18.8. The molecule has 0 atom stereocenters. The van der Waals surface area contributed by atoms with Gasteiger partial charge in [0.1, 0.15) is 11.2 Å². The zero-order valence-corrected chi connectivity index (χ0v) is 38.5. The third-order valence-corrected chi connectivity index (χ3v) is 16.0. The van der Waals surface area contributed by atoms with Crippen LogP contribution in [0.2, 0.25) is 0 Å². The molecular weight excluding hydrogens is 859 g/mol. The second kappa shape index (κ2) is 14.4. The smallest absolute Gasteiger partial charge is 0.143 e. The van der Waals surface area contributed by atoms with Crippen LogP contribution >= 0.6 is 0 Å². The lowest BCUT2D eigenvalue weighted by atomic mass is 9.70. The van der Waals surface area contributed by atoms with Gasteiger partial charge in [0.2, 0.25) is 0 Å². The summed E-state index contributed by atoms with van der Waals surface area (Å²) < 4.78 is 6.99. The SMILES string of the molecule is c1ccc2c(c1)-c1ccccc1C21c2ccccc2-c2cc(-c3cccc4c3oc3ccccc34)c(N(c3ccc4ccc5ccccc5c4c3)c3ccc4c5ccccc5c5ccccc5c4c3)cc21. The molecule has 0 saturated heterocycles. The van der Waals surface area contributed by atoms with Crippen LogP contribution in [0.4, 0.5) is 17.1 Å². The molecule has 0 fully saturated rings. The Morgan fingerprint density at radius 1 is 0.268 bits per heavy atom. The van der Waals surface area contributed by atoms with Crippen molar-refractivity contribution in [3.63, 3.8) is 0 Å². The van der Waals surface area contributed by atoms with Crippen molar-refractivity contribution < 1.29 is 4.42 Å². The Balaban J connectivity index is 1.08. The molecule has 0 unspecified atom stereocenters. The molecule has 0 radical (unpaired) electrons. The molecule has 16 rings (SSSR count). The fourth-order valence-corrected chi connectivity index (χ4v) is 13.1. The first-order valence-corrected chi connectivity index (χ1v) is 24.7. The average molecular weight is 900 g/mol. The molecule has 0 amide bonds. The van der Waals surface area contributed by atoms with Crippen LogP contribution < -0.4 is 4.90 Å². The quantitative estimate of drug-likeness (QED) is 0.164. The van der Waals surface area contributed by atoms with Crippen LogP contribution in [0.5, 0.6) is 0 Å². The maximum absolute atomic E-state index is 6.99. The maximum Gasteiger partial charge on any atom is 0.143 e. The predicted molar refractivity (Wildman–Crippen MR) is 298 cm³/mol. The van der Waals surface area contributed by atoms with Crippen molar-refractivity contribution in [2.75, 3.05) is 4.90 Å². The van der Waals surface area contributed by atoms with E-state index in [0.29, 0.717) is 0 Å². The minimum atomic E-state index is -0.554. The van der Waals surface area contributed by atoms with E-state index in [1.54, 1.807) is 0 Å². The second-order valence-corrected chi connectivity index (χ2v) is 19.4. The van der Waals surface area contributed by atoms with Crippen LogP contribution in [0, 0.1) is 0 Å². The van der Waals surface area contributed by atoms with Crippen LogP contribution in [0.3, 0.4) is 0 Å². The lowest BCUT2D eigenvalue weighted by molar-refractivity contribution is 0.670. The number of fused-ring (bicyclic) bond motifs is 22. The van der Waals surface area contributed by atoms with E-state index in [4.69, 9.17) is 4.42 Å². The molecule has 0 saturated carbocycles. The summed E-state index contributed by atoms with van der Waals surface area (Å²) >= 11 is 0. The summed E-state index contributed by atoms with van der Waals surface area (Å²) in [5.74, 6) is 0. The van der Waals surface area contributed by atoms with Gasteiger partial charge in [0.05, 0.1) is 11.1 Å². The van der Waals surface area contributed by atoms with Gasteiger partial charge in [-0.25, -0.2) is 0 Å². The van der Waals surface area contributed by atoms with Crippen molar-refractivity contribution in [1.29, 1.82) is 0 Å². The molecule has 0 aliphatic heterocycles. The molecule has 71 heavy (non-hydrogen) atoms. The van der Waals surface area contributed by atoms with Crippen LogP contribution in [0.1, 0.15) is 22.3 Å².